The number of nitrogens with zero attached hydrogens (tertiary/aromatic N) is 2. The zero-order chi connectivity index (χ0) is 16.0. The summed E-state index contributed by atoms with van der Waals surface area (Å²) in [5, 5.41) is 16.8. The van der Waals surface area contributed by atoms with Crippen LogP contribution in [0.1, 0.15) is 51.4 Å². The number of hydrogen-bond donors (Lipinski definition) is 2. The Labute approximate surface area is 135 Å². The molecule has 0 aromatic carbocycles. The van der Waals surface area contributed by atoms with E-state index in [1.807, 2.05) is 11.7 Å². The third-order valence-corrected chi connectivity index (χ3v) is 4.73. The lowest BCUT2D eigenvalue weighted by molar-refractivity contribution is -0.141. The molecule has 2 atom stereocenters. The number of nitrogens with one attached hydrogen (secondary N) is 1. The van der Waals surface area contributed by atoms with E-state index >= 15 is 0 Å². The van der Waals surface area contributed by atoms with Gasteiger partial charge in [0.05, 0.1) is 21.8 Å². The number of halogens is 1. The summed E-state index contributed by atoms with van der Waals surface area (Å²) in [7, 11) is 1.96. The van der Waals surface area contributed by atoms with Gasteiger partial charge in [0.1, 0.15) is 0 Å². The summed E-state index contributed by atoms with van der Waals surface area (Å²) in [6, 6.07) is 0.359. The third-order valence-electron chi connectivity index (χ3n) is 3.82. The fraction of sp³-hybridized carbons (Fsp3) is 0.733. The topological polar surface area (TPSA) is 67.2 Å². The molecule has 6 heteroatoms. The Bertz CT molecular complexity index is 474. The summed E-state index contributed by atoms with van der Waals surface area (Å²) in [5.74, 6) is -0.961. The second-order valence-electron chi connectivity index (χ2n) is 5.64. The molecule has 0 bridgehead atoms. The highest BCUT2D eigenvalue weighted by Gasteiger charge is 2.14. The maximum absolute atomic E-state index is 10.8. The van der Waals surface area contributed by atoms with Gasteiger partial charge >= 0.3 is 5.97 Å². The molecule has 1 rings (SSSR count). The van der Waals surface area contributed by atoms with Crippen LogP contribution in [0.25, 0.3) is 0 Å². The first-order chi connectivity index (χ1) is 9.86. The SMILES string of the molecule is CCc1nn(C)c(CNC(C)CCCC(C)C(=O)O)c1Br. The van der Waals surface area contributed by atoms with Gasteiger partial charge in [0, 0.05) is 19.6 Å². The number of aryl methyl sites for hydroxylation is 2. The van der Waals surface area contributed by atoms with Crippen LogP contribution in [-0.4, -0.2) is 26.9 Å². The van der Waals surface area contributed by atoms with Crippen molar-refractivity contribution >= 4 is 21.9 Å². The minimum atomic E-state index is -0.707. The lowest BCUT2D eigenvalue weighted by Crippen LogP contribution is -2.26. The Balaban J connectivity index is 2.38. The number of rotatable bonds is 9. The highest BCUT2D eigenvalue weighted by atomic mass is 79.9. The molecule has 0 amide bonds. The van der Waals surface area contributed by atoms with Crippen LogP contribution in [0.3, 0.4) is 0 Å². The molecule has 2 N–H and O–H groups in total. The Kier molecular flexibility index (Phi) is 7.39. The molecule has 0 saturated heterocycles. The van der Waals surface area contributed by atoms with E-state index in [-0.39, 0.29) is 5.92 Å². The van der Waals surface area contributed by atoms with Crippen LogP contribution in [0.2, 0.25) is 0 Å². The van der Waals surface area contributed by atoms with Crippen molar-refractivity contribution in [2.24, 2.45) is 13.0 Å². The first kappa shape index (κ1) is 18.2. The molecule has 1 aromatic heterocycles. The Morgan fingerprint density at radius 2 is 2.10 bits per heavy atom. The summed E-state index contributed by atoms with van der Waals surface area (Å²) < 4.78 is 3.00. The summed E-state index contributed by atoms with van der Waals surface area (Å²) in [4.78, 5) is 10.8. The van der Waals surface area contributed by atoms with E-state index in [1.165, 1.54) is 0 Å². The average Bonchev–Trinajstić information content (AvgIpc) is 2.70. The summed E-state index contributed by atoms with van der Waals surface area (Å²) in [6.45, 7) is 6.76. The molecular formula is C15H26BrN3O2. The van der Waals surface area contributed by atoms with Crippen LogP contribution in [0.5, 0.6) is 0 Å². The molecule has 0 aliphatic rings. The number of carbonyl (C=O) groups is 1. The van der Waals surface area contributed by atoms with Gasteiger partial charge < -0.3 is 10.4 Å². The molecule has 5 nitrogen and oxygen atoms in total. The normalized spacial score (nSPS) is 14.1. The second-order valence-corrected chi connectivity index (χ2v) is 6.43. The van der Waals surface area contributed by atoms with Crippen LogP contribution in [-0.2, 0) is 24.8 Å². The van der Waals surface area contributed by atoms with Gasteiger partial charge in [-0.15, -0.1) is 0 Å². The minimum Gasteiger partial charge on any atom is -0.481 e. The molecule has 0 fully saturated rings. The molecule has 0 radical (unpaired) electrons. The van der Waals surface area contributed by atoms with Gasteiger partial charge in [-0.1, -0.05) is 20.3 Å². The van der Waals surface area contributed by atoms with Crippen LogP contribution < -0.4 is 5.32 Å². The summed E-state index contributed by atoms with van der Waals surface area (Å²) in [5.41, 5.74) is 2.23. The maximum Gasteiger partial charge on any atom is 0.306 e. The van der Waals surface area contributed by atoms with E-state index in [0.29, 0.717) is 6.04 Å². The van der Waals surface area contributed by atoms with Crippen molar-refractivity contribution in [1.82, 2.24) is 15.1 Å². The van der Waals surface area contributed by atoms with Crippen LogP contribution in [0.4, 0.5) is 0 Å². The number of carboxylic acid groups (broad SMARTS) is 1. The Hall–Kier alpha value is -0.880. The van der Waals surface area contributed by atoms with Gasteiger partial charge in [-0.25, -0.2) is 0 Å². The van der Waals surface area contributed by atoms with Crippen molar-refractivity contribution in [2.45, 2.75) is 59.0 Å². The summed E-state index contributed by atoms with van der Waals surface area (Å²) >= 11 is 3.61. The monoisotopic (exact) mass is 359 g/mol. The number of aromatic nitrogens is 2. The third kappa shape index (κ3) is 5.43. The number of aliphatic carboxylic acids is 1. The molecule has 0 saturated carbocycles. The van der Waals surface area contributed by atoms with E-state index in [4.69, 9.17) is 5.11 Å². The van der Waals surface area contributed by atoms with Gasteiger partial charge in [0.25, 0.3) is 0 Å². The van der Waals surface area contributed by atoms with Gasteiger partial charge in [0.15, 0.2) is 0 Å². The number of carboxylic acids is 1. The summed E-state index contributed by atoms with van der Waals surface area (Å²) in [6.07, 6.45) is 3.55. The van der Waals surface area contributed by atoms with Crippen molar-refractivity contribution in [3.8, 4) is 0 Å². The molecule has 0 spiro atoms. The van der Waals surface area contributed by atoms with Crippen LogP contribution in [0, 0.1) is 5.92 Å². The fourth-order valence-corrected chi connectivity index (χ4v) is 2.99. The highest BCUT2D eigenvalue weighted by Crippen LogP contribution is 2.21. The first-order valence-electron chi connectivity index (χ1n) is 7.53. The number of hydrogen-bond acceptors (Lipinski definition) is 3. The quantitative estimate of drug-likeness (QED) is 0.710. The van der Waals surface area contributed by atoms with Gasteiger partial charge in [-0.2, -0.15) is 5.10 Å². The molecule has 2 unspecified atom stereocenters. The zero-order valence-electron chi connectivity index (χ0n) is 13.3. The molecule has 1 aromatic rings. The lowest BCUT2D eigenvalue weighted by atomic mass is 10.0. The Morgan fingerprint density at radius 3 is 2.62 bits per heavy atom. The zero-order valence-corrected chi connectivity index (χ0v) is 14.9. The largest absolute Gasteiger partial charge is 0.481 e. The average molecular weight is 360 g/mol. The van der Waals surface area contributed by atoms with Gasteiger partial charge in [-0.05, 0) is 42.1 Å². The standard InChI is InChI=1S/C15H26BrN3O2/c1-5-12-14(16)13(19(4)18-12)9-17-11(3)8-6-7-10(2)15(20)21/h10-11,17H,5-9H2,1-4H3,(H,20,21). The maximum atomic E-state index is 10.8. The predicted octanol–water partition coefficient (Wildman–Crippen LogP) is 3.11. The van der Waals surface area contributed by atoms with Crippen molar-refractivity contribution in [3.63, 3.8) is 0 Å². The van der Waals surface area contributed by atoms with Crippen LogP contribution >= 0.6 is 15.9 Å². The van der Waals surface area contributed by atoms with E-state index in [2.05, 4.69) is 40.2 Å². The molecular weight excluding hydrogens is 334 g/mol. The molecule has 0 aliphatic carbocycles. The molecule has 120 valence electrons. The highest BCUT2D eigenvalue weighted by molar-refractivity contribution is 9.10. The van der Waals surface area contributed by atoms with Crippen molar-refractivity contribution in [1.29, 1.82) is 0 Å². The molecule has 1 heterocycles. The van der Waals surface area contributed by atoms with Crippen molar-refractivity contribution < 1.29 is 9.90 Å². The smallest absolute Gasteiger partial charge is 0.306 e. The van der Waals surface area contributed by atoms with E-state index in [0.717, 1.165) is 48.1 Å². The van der Waals surface area contributed by atoms with E-state index in [9.17, 15) is 4.79 Å². The fourth-order valence-electron chi connectivity index (χ4n) is 2.24. The first-order valence-corrected chi connectivity index (χ1v) is 8.32. The lowest BCUT2D eigenvalue weighted by Gasteiger charge is -2.15. The predicted molar refractivity (Wildman–Crippen MR) is 87.2 cm³/mol. The van der Waals surface area contributed by atoms with E-state index in [1.54, 1.807) is 6.92 Å². The van der Waals surface area contributed by atoms with Crippen LogP contribution in [0.15, 0.2) is 4.47 Å². The van der Waals surface area contributed by atoms with Crippen molar-refractivity contribution in [3.05, 3.63) is 15.9 Å². The van der Waals surface area contributed by atoms with Gasteiger partial charge in [-0.3, -0.25) is 9.48 Å². The second kappa shape index (κ2) is 8.54. The Morgan fingerprint density at radius 1 is 1.43 bits per heavy atom. The molecule has 0 aliphatic heterocycles. The van der Waals surface area contributed by atoms with Crippen molar-refractivity contribution in [2.75, 3.05) is 0 Å². The molecule has 21 heavy (non-hydrogen) atoms. The minimum absolute atomic E-state index is 0.254. The van der Waals surface area contributed by atoms with Gasteiger partial charge in [0.2, 0.25) is 0 Å². The van der Waals surface area contributed by atoms with E-state index < -0.39 is 5.97 Å².